The van der Waals surface area contributed by atoms with Gasteiger partial charge in [0.25, 0.3) is 0 Å². The highest BCUT2D eigenvalue weighted by molar-refractivity contribution is 6.58. The highest BCUT2D eigenvalue weighted by atomic mass is 28.3. The molecule has 0 atom stereocenters. The molecule has 0 amide bonds. The van der Waals surface area contributed by atoms with E-state index in [0.29, 0.717) is 11.5 Å². The van der Waals surface area contributed by atoms with Gasteiger partial charge in [0.1, 0.15) is 11.6 Å². The van der Waals surface area contributed by atoms with Crippen molar-refractivity contribution in [2.75, 3.05) is 0 Å². The van der Waals surface area contributed by atoms with Gasteiger partial charge in [-0.1, -0.05) is 81.4 Å². The molecule has 2 fully saturated rings. The van der Waals surface area contributed by atoms with E-state index in [-0.39, 0.29) is 20.4 Å². The molecule has 3 heteroatoms. The zero-order chi connectivity index (χ0) is 21.6. The molecule has 1 radical (unpaired) electrons. The van der Waals surface area contributed by atoms with E-state index in [1.54, 1.807) is 36.3 Å². The summed E-state index contributed by atoms with van der Waals surface area (Å²) in [7, 11) is -0.0403. The van der Waals surface area contributed by atoms with Crippen molar-refractivity contribution in [2.24, 2.45) is 11.8 Å². The maximum Gasteiger partial charge on any atom is 0.131 e. The van der Waals surface area contributed by atoms with Gasteiger partial charge in [0.2, 0.25) is 0 Å². The zero-order valence-corrected chi connectivity index (χ0v) is 20.0. The average Bonchev–Trinajstić information content (AvgIpc) is 2.81. The lowest BCUT2D eigenvalue weighted by molar-refractivity contribution is 0.216. The summed E-state index contributed by atoms with van der Waals surface area (Å²) in [4.78, 5) is 0. The summed E-state index contributed by atoms with van der Waals surface area (Å²) in [6.45, 7) is 2.30. The summed E-state index contributed by atoms with van der Waals surface area (Å²) < 4.78 is 28.0. The summed E-state index contributed by atoms with van der Waals surface area (Å²) in [6.07, 6.45) is 12.2. The van der Waals surface area contributed by atoms with Gasteiger partial charge < -0.3 is 0 Å². The van der Waals surface area contributed by atoms with Gasteiger partial charge in [-0.2, -0.15) is 0 Å². The molecular formula is C28H37F2Si. The second-order valence-corrected chi connectivity index (χ2v) is 12.9. The second-order valence-electron chi connectivity index (χ2n) is 9.90. The molecule has 1 saturated carbocycles. The van der Waals surface area contributed by atoms with Crippen LogP contribution in [-0.4, -0.2) is 8.80 Å². The van der Waals surface area contributed by atoms with Crippen molar-refractivity contribution in [3.05, 3.63) is 59.7 Å². The number of rotatable bonds is 7. The van der Waals surface area contributed by atoms with Crippen LogP contribution in [0.25, 0.3) is 11.1 Å². The topological polar surface area (TPSA) is 0 Å². The summed E-state index contributed by atoms with van der Waals surface area (Å²) in [5.74, 6) is 1.88. The van der Waals surface area contributed by atoms with Crippen LogP contribution >= 0.6 is 0 Å². The van der Waals surface area contributed by atoms with Gasteiger partial charge in [-0.15, -0.1) is 0 Å². The quantitative estimate of drug-likeness (QED) is 0.298. The van der Waals surface area contributed by atoms with Gasteiger partial charge in [0.05, 0.1) is 0 Å². The van der Waals surface area contributed by atoms with Crippen molar-refractivity contribution in [3.63, 3.8) is 0 Å². The van der Waals surface area contributed by atoms with E-state index >= 15 is 0 Å². The molecule has 167 valence electrons. The Morgan fingerprint density at radius 3 is 2.13 bits per heavy atom. The zero-order valence-electron chi connectivity index (χ0n) is 19.0. The summed E-state index contributed by atoms with van der Waals surface area (Å²) in [5, 5.41) is 0. The molecule has 1 saturated heterocycles. The van der Waals surface area contributed by atoms with Crippen LogP contribution in [0.3, 0.4) is 0 Å². The normalized spacial score (nSPS) is 23.2. The highest BCUT2D eigenvalue weighted by Crippen LogP contribution is 2.44. The average molecular weight is 440 g/mol. The van der Waals surface area contributed by atoms with E-state index in [4.69, 9.17) is 0 Å². The number of benzene rings is 2. The minimum absolute atomic E-state index is 0.0403. The minimum atomic E-state index is -0.288. The Balaban J connectivity index is 1.28. The molecular weight excluding hydrogens is 402 g/mol. The lowest BCUT2D eigenvalue weighted by atomic mass is 9.72. The maximum atomic E-state index is 14.8. The molecule has 0 nitrogen and oxygen atoms in total. The van der Waals surface area contributed by atoms with E-state index in [9.17, 15) is 8.78 Å². The minimum Gasteiger partial charge on any atom is -0.207 e. The first kappa shape index (κ1) is 22.7. The van der Waals surface area contributed by atoms with Crippen LogP contribution in [0.15, 0.2) is 42.5 Å². The van der Waals surface area contributed by atoms with Crippen LogP contribution in [0.1, 0.15) is 76.2 Å². The third-order valence-corrected chi connectivity index (χ3v) is 11.0. The van der Waals surface area contributed by atoms with Crippen molar-refractivity contribution in [2.45, 2.75) is 88.8 Å². The molecule has 0 unspecified atom stereocenters. The van der Waals surface area contributed by atoms with Crippen LogP contribution in [0, 0.1) is 23.5 Å². The molecule has 2 aromatic rings. The van der Waals surface area contributed by atoms with E-state index < -0.39 is 0 Å². The Morgan fingerprint density at radius 1 is 0.806 bits per heavy atom. The molecule has 1 aliphatic heterocycles. The van der Waals surface area contributed by atoms with Crippen molar-refractivity contribution < 1.29 is 8.78 Å². The highest BCUT2D eigenvalue weighted by Gasteiger charge is 2.31. The standard InChI is InChI=1S/C28H37F2Si/c1-2-3-4-17-31-18-15-23(16-19-31)21-5-7-22(8-6-21)25-11-14-27(28(30)20-25)24-9-12-26(29)13-10-24/h9-14,20-23H,2-8,15-19H2,1H3. The molecule has 4 rings (SSSR count). The third-order valence-electron chi connectivity index (χ3n) is 7.93. The number of hydrogen-bond donors (Lipinski definition) is 0. The first-order chi connectivity index (χ1) is 15.1. The van der Waals surface area contributed by atoms with Gasteiger partial charge in [-0.05, 0) is 72.8 Å². The van der Waals surface area contributed by atoms with Gasteiger partial charge in [-0.25, -0.2) is 8.78 Å². The van der Waals surface area contributed by atoms with Crippen LogP contribution in [0.5, 0.6) is 0 Å². The molecule has 1 heterocycles. The fourth-order valence-corrected chi connectivity index (χ4v) is 9.03. The smallest absolute Gasteiger partial charge is 0.131 e. The van der Waals surface area contributed by atoms with E-state index in [1.807, 2.05) is 6.07 Å². The molecule has 2 aliphatic rings. The maximum absolute atomic E-state index is 14.8. The molecule has 0 spiro atoms. The first-order valence-electron chi connectivity index (χ1n) is 12.5. The van der Waals surface area contributed by atoms with Crippen LogP contribution in [0.4, 0.5) is 8.78 Å². The summed E-state index contributed by atoms with van der Waals surface area (Å²) in [6, 6.07) is 16.5. The van der Waals surface area contributed by atoms with Crippen LogP contribution < -0.4 is 0 Å². The Morgan fingerprint density at radius 2 is 1.48 bits per heavy atom. The van der Waals surface area contributed by atoms with Crippen LogP contribution in [0.2, 0.25) is 18.1 Å². The summed E-state index contributed by atoms with van der Waals surface area (Å²) in [5.41, 5.74) is 2.45. The molecule has 0 bridgehead atoms. The van der Waals surface area contributed by atoms with E-state index in [1.165, 1.54) is 69.9 Å². The number of halogens is 2. The monoisotopic (exact) mass is 439 g/mol. The Kier molecular flexibility index (Phi) is 7.98. The van der Waals surface area contributed by atoms with Crippen molar-refractivity contribution in [3.8, 4) is 11.1 Å². The second kappa shape index (κ2) is 10.9. The molecule has 2 aromatic carbocycles. The van der Waals surface area contributed by atoms with E-state index in [2.05, 4.69) is 13.0 Å². The molecule has 0 N–H and O–H groups in total. The molecule has 0 aromatic heterocycles. The van der Waals surface area contributed by atoms with Crippen molar-refractivity contribution in [1.82, 2.24) is 0 Å². The molecule has 1 aliphatic carbocycles. The van der Waals surface area contributed by atoms with Gasteiger partial charge in [0.15, 0.2) is 0 Å². The Bertz CT molecular complexity index is 815. The fourth-order valence-electron chi connectivity index (χ4n) is 5.97. The summed E-state index contributed by atoms with van der Waals surface area (Å²) >= 11 is 0. The predicted molar refractivity (Wildman–Crippen MR) is 129 cm³/mol. The van der Waals surface area contributed by atoms with Crippen LogP contribution in [-0.2, 0) is 0 Å². The largest absolute Gasteiger partial charge is 0.207 e. The van der Waals surface area contributed by atoms with Gasteiger partial charge >= 0.3 is 0 Å². The first-order valence-corrected chi connectivity index (χ1v) is 14.6. The Hall–Kier alpha value is -1.48. The van der Waals surface area contributed by atoms with Gasteiger partial charge in [0, 0.05) is 14.4 Å². The lowest BCUT2D eigenvalue weighted by Gasteiger charge is -2.37. The van der Waals surface area contributed by atoms with E-state index in [0.717, 1.165) is 23.0 Å². The predicted octanol–water partition coefficient (Wildman–Crippen LogP) is 9.00. The fraction of sp³-hybridized carbons (Fsp3) is 0.571. The third kappa shape index (κ3) is 5.86. The SMILES string of the molecule is CCCCC[Si]1CCC(C2CCC(c3ccc(-c4ccc(F)cc4)c(F)c3)CC2)CC1. The van der Waals surface area contributed by atoms with Crippen molar-refractivity contribution in [1.29, 1.82) is 0 Å². The Labute approximate surface area is 189 Å². The van der Waals surface area contributed by atoms with Gasteiger partial charge in [-0.3, -0.25) is 0 Å². The number of hydrogen-bond acceptors (Lipinski definition) is 0. The molecule has 31 heavy (non-hydrogen) atoms. The lowest BCUT2D eigenvalue weighted by Crippen LogP contribution is -2.28. The number of unbranched alkanes of at least 4 members (excludes halogenated alkanes) is 2. The van der Waals surface area contributed by atoms with Crippen molar-refractivity contribution >= 4 is 8.80 Å².